The first-order valence-electron chi connectivity index (χ1n) is 8.89. The van der Waals surface area contributed by atoms with Crippen molar-refractivity contribution in [3.05, 3.63) is 29.8 Å². The molecule has 4 rings (SSSR count). The summed E-state index contributed by atoms with van der Waals surface area (Å²) >= 11 is 0. The molecule has 7 nitrogen and oxygen atoms in total. The lowest BCUT2D eigenvalue weighted by atomic mass is 10.2. The van der Waals surface area contributed by atoms with Gasteiger partial charge in [0.15, 0.2) is 17.3 Å². The Morgan fingerprint density at radius 2 is 1.88 bits per heavy atom. The Labute approximate surface area is 147 Å². The van der Waals surface area contributed by atoms with Crippen molar-refractivity contribution >= 4 is 0 Å². The van der Waals surface area contributed by atoms with Gasteiger partial charge in [-0.15, -0.1) is 5.10 Å². The van der Waals surface area contributed by atoms with E-state index in [1.54, 1.807) is 7.11 Å². The first-order chi connectivity index (χ1) is 12.3. The van der Waals surface area contributed by atoms with Gasteiger partial charge < -0.3 is 14.2 Å². The van der Waals surface area contributed by atoms with Gasteiger partial charge >= 0.3 is 0 Å². The van der Waals surface area contributed by atoms with E-state index in [-0.39, 0.29) is 6.79 Å². The molecule has 2 aliphatic rings. The number of fused-ring (bicyclic) bond motifs is 1. The Kier molecular flexibility index (Phi) is 4.85. The van der Waals surface area contributed by atoms with Crippen molar-refractivity contribution in [2.24, 2.45) is 0 Å². The van der Waals surface area contributed by atoms with Crippen molar-refractivity contribution in [3.8, 4) is 17.2 Å². The fourth-order valence-electron chi connectivity index (χ4n) is 3.40. The van der Waals surface area contributed by atoms with Crippen LogP contribution in [0.25, 0.3) is 5.69 Å². The van der Waals surface area contributed by atoms with E-state index in [4.69, 9.17) is 19.2 Å². The molecule has 1 fully saturated rings. The predicted octanol–water partition coefficient (Wildman–Crippen LogP) is 2.52. The highest BCUT2D eigenvalue weighted by molar-refractivity contribution is 5.50. The normalized spacial score (nSPS) is 17.6. The fourth-order valence-corrected chi connectivity index (χ4v) is 3.40. The second-order valence-electron chi connectivity index (χ2n) is 6.52. The first-order valence-corrected chi connectivity index (χ1v) is 8.89. The van der Waals surface area contributed by atoms with E-state index >= 15 is 0 Å². The van der Waals surface area contributed by atoms with Crippen LogP contribution in [-0.2, 0) is 17.9 Å². The Morgan fingerprint density at radius 3 is 2.68 bits per heavy atom. The van der Waals surface area contributed by atoms with Crippen LogP contribution >= 0.6 is 0 Å². The largest absolute Gasteiger partial charge is 0.454 e. The van der Waals surface area contributed by atoms with Crippen LogP contribution in [0.4, 0.5) is 0 Å². The van der Waals surface area contributed by atoms with Gasteiger partial charge in [-0.25, -0.2) is 9.67 Å². The topological polar surface area (TPSA) is 61.6 Å². The Balaban J connectivity index is 1.63. The van der Waals surface area contributed by atoms with E-state index in [1.807, 2.05) is 22.9 Å². The van der Waals surface area contributed by atoms with Crippen molar-refractivity contribution < 1.29 is 14.2 Å². The van der Waals surface area contributed by atoms with Crippen LogP contribution in [0.3, 0.4) is 0 Å². The number of rotatable bonds is 5. The second kappa shape index (κ2) is 7.41. The Bertz CT molecular complexity index is 723. The van der Waals surface area contributed by atoms with E-state index in [0.29, 0.717) is 12.4 Å². The molecule has 3 heterocycles. The summed E-state index contributed by atoms with van der Waals surface area (Å²) in [6, 6.07) is 5.87. The van der Waals surface area contributed by atoms with Crippen molar-refractivity contribution in [2.45, 2.75) is 38.8 Å². The van der Waals surface area contributed by atoms with Crippen molar-refractivity contribution in [1.82, 2.24) is 19.7 Å². The zero-order chi connectivity index (χ0) is 17.1. The van der Waals surface area contributed by atoms with Gasteiger partial charge in [0.2, 0.25) is 6.79 Å². The second-order valence-corrected chi connectivity index (χ2v) is 6.52. The summed E-state index contributed by atoms with van der Waals surface area (Å²) < 4.78 is 18.0. The number of hydrogen-bond acceptors (Lipinski definition) is 6. The Hall–Kier alpha value is -2.12. The maximum absolute atomic E-state index is 5.50. The van der Waals surface area contributed by atoms with E-state index in [9.17, 15) is 0 Å². The summed E-state index contributed by atoms with van der Waals surface area (Å²) in [5, 5.41) is 4.64. The molecule has 2 aromatic rings. The van der Waals surface area contributed by atoms with Gasteiger partial charge in [-0.2, -0.15) is 0 Å². The third-order valence-corrected chi connectivity index (χ3v) is 4.66. The molecule has 0 N–H and O–H groups in total. The zero-order valence-electron chi connectivity index (χ0n) is 14.6. The number of aromatic nitrogens is 3. The highest BCUT2D eigenvalue weighted by Gasteiger charge is 2.19. The molecule has 7 heteroatoms. The minimum absolute atomic E-state index is 0.270. The molecule has 0 atom stereocenters. The molecule has 1 aromatic heterocycles. The van der Waals surface area contributed by atoms with Crippen LogP contribution in [0.5, 0.6) is 11.5 Å². The molecule has 0 amide bonds. The summed E-state index contributed by atoms with van der Waals surface area (Å²) in [5.74, 6) is 3.16. The molecule has 1 saturated heterocycles. The predicted molar refractivity (Wildman–Crippen MR) is 91.9 cm³/mol. The van der Waals surface area contributed by atoms with E-state index in [0.717, 1.165) is 42.6 Å². The molecule has 134 valence electrons. The SMILES string of the molecule is COCc1nc(CN2CCCCCC2)n(-c2ccc3c(c2)OCO3)n1. The van der Waals surface area contributed by atoms with Crippen LogP contribution in [0.1, 0.15) is 37.3 Å². The standard InChI is InChI=1S/C18H24N4O3/c1-23-12-17-19-18(11-21-8-4-2-3-5-9-21)22(20-17)14-6-7-15-16(10-14)25-13-24-15/h6-7,10H,2-5,8-9,11-13H2,1H3. The van der Waals surface area contributed by atoms with E-state index in [2.05, 4.69) is 10.00 Å². The number of benzene rings is 1. The average Bonchev–Trinajstić information content (AvgIpc) is 3.15. The zero-order valence-corrected chi connectivity index (χ0v) is 14.6. The van der Waals surface area contributed by atoms with Crippen LogP contribution in [-0.4, -0.2) is 46.7 Å². The fraction of sp³-hybridized carbons (Fsp3) is 0.556. The maximum Gasteiger partial charge on any atom is 0.231 e. The van der Waals surface area contributed by atoms with Crippen molar-refractivity contribution in [1.29, 1.82) is 0 Å². The summed E-state index contributed by atoms with van der Waals surface area (Å²) in [7, 11) is 1.66. The van der Waals surface area contributed by atoms with Gasteiger partial charge in [-0.05, 0) is 38.1 Å². The molecule has 0 radical (unpaired) electrons. The molecular formula is C18H24N4O3. The van der Waals surface area contributed by atoms with Crippen LogP contribution < -0.4 is 9.47 Å². The summed E-state index contributed by atoms with van der Waals surface area (Å²) in [6.07, 6.45) is 5.15. The lowest BCUT2D eigenvalue weighted by Crippen LogP contribution is -2.25. The number of ether oxygens (including phenoxy) is 3. The molecule has 0 aliphatic carbocycles. The molecule has 25 heavy (non-hydrogen) atoms. The molecule has 0 saturated carbocycles. The summed E-state index contributed by atoms with van der Waals surface area (Å²) in [5.41, 5.74) is 0.934. The monoisotopic (exact) mass is 344 g/mol. The lowest BCUT2D eigenvalue weighted by Gasteiger charge is -2.19. The number of nitrogens with zero attached hydrogens (tertiary/aromatic N) is 4. The highest BCUT2D eigenvalue weighted by atomic mass is 16.7. The van der Waals surface area contributed by atoms with Crippen LogP contribution in [0.15, 0.2) is 18.2 Å². The van der Waals surface area contributed by atoms with Gasteiger partial charge in [-0.1, -0.05) is 12.8 Å². The number of methoxy groups -OCH3 is 1. The van der Waals surface area contributed by atoms with Crippen molar-refractivity contribution in [3.63, 3.8) is 0 Å². The summed E-state index contributed by atoms with van der Waals surface area (Å²) in [4.78, 5) is 7.18. The molecule has 2 aliphatic heterocycles. The van der Waals surface area contributed by atoms with Crippen LogP contribution in [0, 0.1) is 0 Å². The third-order valence-electron chi connectivity index (χ3n) is 4.66. The molecule has 0 spiro atoms. The van der Waals surface area contributed by atoms with E-state index < -0.39 is 0 Å². The molecule has 0 unspecified atom stereocenters. The van der Waals surface area contributed by atoms with Gasteiger partial charge in [0.1, 0.15) is 12.4 Å². The van der Waals surface area contributed by atoms with Gasteiger partial charge in [0.05, 0.1) is 12.2 Å². The molecular weight excluding hydrogens is 320 g/mol. The van der Waals surface area contributed by atoms with E-state index in [1.165, 1.54) is 25.7 Å². The Morgan fingerprint density at radius 1 is 1.08 bits per heavy atom. The highest BCUT2D eigenvalue weighted by Crippen LogP contribution is 2.33. The van der Waals surface area contributed by atoms with Gasteiger partial charge in [0.25, 0.3) is 0 Å². The molecule has 1 aromatic carbocycles. The summed E-state index contributed by atoms with van der Waals surface area (Å²) in [6.45, 7) is 3.71. The first kappa shape index (κ1) is 16.4. The average molecular weight is 344 g/mol. The minimum Gasteiger partial charge on any atom is -0.454 e. The maximum atomic E-state index is 5.50. The minimum atomic E-state index is 0.270. The molecule has 0 bridgehead atoms. The third kappa shape index (κ3) is 3.62. The van der Waals surface area contributed by atoms with Crippen molar-refractivity contribution in [2.75, 3.05) is 27.0 Å². The number of likely N-dealkylation sites (tertiary alicyclic amines) is 1. The van der Waals surface area contributed by atoms with Gasteiger partial charge in [-0.3, -0.25) is 4.90 Å². The lowest BCUT2D eigenvalue weighted by molar-refractivity contribution is 0.174. The number of hydrogen-bond donors (Lipinski definition) is 0. The quantitative estimate of drug-likeness (QED) is 0.831. The van der Waals surface area contributed by atoms with Gasteiger partial charge in [0, 0.05) is 13.2 Å². The smallest absolute Gasteiger partial charge is 0.231 e. The van der Waals surface area contributed by atoms with Crippen LogP contribution in [0.2, 0.25) is 0 Å².